The van der Waals surface area contributed by atoms with E-state index in [9.17, 15) is 0 Å². The summed E-state index contributed by atoms with van der Waals surface area (Å²) in [6.07, 6.45) is 5.35. The highest BCUT2D eigenvalue weighted by Gasteiger charge is 2.33. The largest absolute Gasteiger partial charge is 0.478 e. The molecule has 2 heterocycles. The highest BCUT2D eigenvalue weighted by Crippen LogP contribution is 2.29. The number of halogens is 1. The molecule has 4 heteroatoms. The number of rotatable bonds is 5. The molecule has 1 aromatic rings. The van der Waals surface area contributed by atoms with E-state index >= 15 is 0 Å². The van der Waals surface area contributed by atoms with Crippen LogP contribution in [0, 0.1) is 5.92 Å². The second kappa shape index (κ2) is 6.02. The van der Waals surface area contributed by atoms with Crippen molar-refractivity contribution >= 4 is 15.9 Å². The molecule has 0 aromatic carbocycles. The molecule has 3 nitrogen and oxygen atoms in total. The molecule has 1 unspecified atom stereocenters. The molecule has 1 aromatic heterocycles. The maximum atomic E-state index is 5.64. The van der Waals surface area contributed by atoms with Gasteiger partial charge in [0.25, 0.3) is 0 Å². The molecule has 18 heavy (non-hydrogen) atoms. The summed E-state index contributed by atoms with van der Waals surface area (Å²) in [5.74, 6) is 1.47. The lowest BCUT2D eigenvalue weighted by atomic mass is 9.86. The standard InChI is InChI=1S/C14H21BrN2O/c1-14(2)11(7-8-17-14)4-3-9-18-13-6-5-12(15)10-16-13/h5-6,10-11,17H,3-4,7-9H2,1-2H3. The Balaban J connectivity index is 1.68. The predicted octanol–water partition coefficient (Wildman–Crippen LogP) is 3.39. The Morgan fingerprint density at radius 2 is 2.33 bits per heavy atom. The maximum Gasteiger partial charge on any atom is 0.213 e. The van der Waals surface area contributed by atoms with Crippen molar-refractivity contribution in [3.05, 3.63) is 22.8 Å². The summed E-state index contributed by atoms with van der Waals surface area (Å²) in [6, 6.07) is 3.84. The van der Waals surface area contributed by atoms with Gasteiger partial charge in [-0.25, -0.2) is 4.98 Å². The Kier molecular flexibility index (Phi) is 4.62. The van der Waals surface area contributed by atoms with Crippen molar-refractivity contribution < 1.29 is 4.74 Å². The van der Waals surface area contributed by atoms with E-state index in [2.05, 4.69) is 40.1 Å². The Morgan fingerprint density at radius 3 is 2.94 bits per heavy atom. The van der Waals surface area contributed by atoms with E-state index in [-0.39, 0.29) is 5.54 Å². The number of hydrogen-bond acceptors (Lipinski definition) is 3. The van der Waals surface area contributed by atoms with Crippen LogP contribution in [0.15, 0.2) is 22.8 Å². The normalized spacial score (nSPS) is 22.1. The lowest BCUT2D eigenvalue weighted by Gasteiger charge is -2.27. The fourth-order valence-corrected chi connectivity index (χ4v) is 2.77. The van der Waals surface area contributed by atoms with Crippen LogP contribution >= 0.6 is 15.9 Å². The number of pyridine rings is 1. The molecular weight excluding hydrogens is 292 g/mol. The monoisotopic (exact) mass is 312 g/mol. The quantitative estimate of drug-likeness (QED) is 0.846. The SMILES string of the molecule is CC1(C)NCCC1CCCOc1ccc(Br)cn1. The Morgan fingerprint density at radius 1 is 1.50 bits per heavy atom. The lowest BCUT2D eigenvalue weighted by Crippen LogP contribution is -2.38. The molecule has 0 saturated carbocycles. The van der Waals surface area contributed by atoms with E-state index in [1.165, 1.54) is 12.8 Å². The van der Waals surface area contributed by atoms with Crippen LogP contribution in [0.3, 0.4) is 0 Å². The van der Waals surface area contributed by atoms with Gasteiger partial charge in [0, 0.05) is 22.3 Å². The van der Waals surface area contributed by atoms with Crippen molar-refractivity contribution in [1.82, 2.24) is 10.3 Å². The Labute approximate surface area is 117 Å². The number of ether oxygens (including phenoxy) is 1. The van der Waals surface area contributed by atoms with E-state index in [4.69, 9.17) is 4.74 Å². The zero-order valence-electron chi connectivity index (χ0n) is 11.1. The molecule has 1 fully saturated rings. The smallest absolute Gasteiger partial charge is 0.213 e. The van der Waals surface area contributed by atoms with E-state index in [0.717, 1.165) is 30.0 Å². The zero-order valence-corrected chi connectivity index (χ0v) is 12.7. The number of nitrogens with zero attached hydrogens (tertiary/aromatic N) is 1. The minimum absolute atomic E-state index is 0.288. The number of nitrogens with one attached hydrogen (secondary N) is 1. The van der Waals surface area contributed by atoms with Crippen LogP contribution in [0.5, 0.6) is 5.88 Å². The van der Waals surface area contributed by atoms with Crippen molar-refractivity contribution in [3.63, 3.8) is 0 Å². The average molecular weight is 313 g/mol. The second-order valence-electron chi connectivity index (χ2n) is 5.44. The van der Waals surface area contributed by atoms with Gasteiger partial charge in [0.1, 0.15) is 0 Å². The molecule has 0 aliphatic carbocycles. The highest BCUT2D eigenvalue weighted by atomic mass is 79.9. The molecule has 0 spiro atoms. The molecule has 100 valence electrons. The molecular formula is C14H21BrN2O. The van der Waals surface area contributed by atoms with Crippen LogP contribution in [0.25, 0.3) is 0 Å². The van der Waals surface area contributed by atoms with Gasteiger partial charge in [-0.2, -0.15) is 0 Å². The average Bonchev–Trinajstić information content (AvgIpc) is 2.66. The van der Waals surface area contributed by atoms with E-state index in [1.807, 2.05) is 12.1 Å². The van der Waals surface area contributed by atoms with Crippen molar-refractivity contribution in [2.45, 2.75) is 38.6 Å². The summed E-state index contributed by atoms with van der Waals surface area (Å²) in [5, 5.41) is 3.55. The van der Waals surface area contributed by atoms with Crippen LogP contribution in [0.2, 0.25) is 0 Å². The van der Waals surface area contributed by atoms with Crippen LogP contribution in [0.4, 0.5) is 0 Å². The first-order chi connectivity index (χ1) is 8.58. The molecule has 1 N–H and O–H groups in total. The molecule has 0 amide bonds. The topological polar surface area (TPSA) is 34.1 Å². The van der Waals surface area contributed by atoms with Crippen molar-refractivity contribution in [2.75, 3.05) is 13.2 Å². The van der Waals surface area contributed by atoms with Gasteiger partial charge in [-0.1, -0.05) is 0 Å². The van der Waals surface area contributed by atoms with E-state index < -0.39 is 0 Å². The third-order valence-corrected chi connectivity index (χ3v) is 4.21. The third kappa shape index (κ3) is 3.69. The molecule has 1 aliphatic rings. The van der Waals surface area contributed by atoms with Gasteiger partial charge in [0.05, 0.1) is 6.61 Å². The fourth-order valence-electron chi connectivity index (χ4n) is 2.53. The van der Waals surface area contributed by atoms with Gasteiger partial charge in [-0.15, -0.1) is 0 Å². The number of aromatic nitrogens is 1. The van der Waals surface area contributed by atoms with E-state index in [1.54, 1.807) is 6.20 Å². The maximum absolute atomic E-state index is 5.64. The zero-order chi connectivity index (χ0) is 13.0. The van der Waals surface area contributed by atoms with Crippen LogP contribution in [-0.4, -0.2) is 23.7 Å². The van der Waals surface area contributed by atoms with Crippen LogP contribution in [-0.2, 0) is 0 Å². The Bertz CT molecular complexity index is 378. The summed E-state index contributed by atoms with van der Waals surface area (Å²) < 4.78 is 6.62. The second-order valence-corrected chi connectivity index (χ2v) is 6.36. The van der Waals surface area contributed by atoms with Crippen molar-refractivity contribution in [3.8, 4) is 5.88 Å². The van der Waals surface area contributed by atoms with Crippen molar-refractivity contribution in [1.29, 1.82) is 0 Å². The fraction of sp³-hybridized carbons (Fsp3) is 0.643. The molecule has 0 radical (unpaired) electrons. The van der Waals surface area contributed by atoms with Gasteiger partial charge in [0.2, 0.25) is 5.88 Å². The Hall–Kier alpha value is -0.610. The molecule has 0 bridgehead atoms. The minimum Gasteiger partial charge on any atom is -0.478 e. The summed E-state index contributed by atoms with van der Waals surface area (Å²) in [6.45, 7) is 6.48. The first-order valence-electron chi connectivity index (χ1n) is 6.57. The summed E-state index contributed by atoms with van der Waals surface area (Å²) >= 11 is 3.36. The predicted molar refractivity (Wildman–Crippen MR) is 76.9 cm³/mol. The van der Waals surface area contributed by atoms with Crippen LogP contribution in [0.1, 0.15) is 33.1 Å². The third-order valence-electron chi connectivity index (χ3n) is 3.74. The van der Waals surface area contributed by atoms with Gasteiger partial charge in [0.15, 0.2) is 0 Å². The lowest BCUT2D eigenvalue weighted by molar-refractivity contribution is 0.255. The summed E-state index contributed by atoms with van der Waals surface area (Å²) in [5.41, 5.74) is 0.288. The highest BCUT2D eigenvalue weighted by molar-refractivity contribution is 9.10. The van der Waals surface area contributed by atoms with Gasteiger partial charge < -0.3 is 10.1 Å². The summed E-state index contributed by atoms with van der Waals surface area (Å²) in [4.78, 5) is 4.19. The first-order valence-corrected chi connectivity index (χ1v) is 7.36. The summed E-state index contributed by atoms with van der Waals surface area (Å²) in [7, 11) is 0. The van der Waals surface area contributed by atoms with Crippen molar-refractivity contribution in [2.24, 2.45) is 5.92 Å². The van der Waals surface area contributed by atoms with E-state index in [0.29, 0.717) is 5.88 Å². The minimum atomic E-state index is 0.288. The first kappa shape index (κ1) is 13.8. The van der Waals surface area contributed by atoms with Crippen LogP contribution < -0.4 is 10.1 Å². The molecule has 2 rings (SSSR count). The van der Waals surface area contributed by atoms with Gasteiger partial charge in [-0.3, -0.25) is 0 Å². The van der Waals surface area contributed by atoms with Gasteiger partial charge in [-0.05, 0) is 67.6 Å². The molecule has 1 aliphatic heterocycles. The molecule has 1 saturated heterocycles. The molecule has 1 atom stereocenters. The number of hydrogen-bond donors (Lipinski definition) is 1. The van der Waals surface area contributed by atoms with Gasteiger partial charge >= 0.3 is 0 Å².